The summed E-state index contributed by atoms with van der Waals surface area (Å²) in [6.45, 7) is 1.85. The minimum atomic E-state index is 0.109. The number of benzene rings is 1. The second-order valence-electron chi connectivity index (χ2n) is 3.63. The van der Waals surface area contributed by atoms with Crippen LogP contribution in [0.1, 0.15) is 17.0 Å². The summed E-state index contributed by atoms with van der Waals surface area (Å²) < 4.78 is 0. The van der Waals surface area contributed by atoms with Gasteiger partial charge in [-0.25, -0.2) is 4.98 Å². The van der Waals surface area contributed by atoms with Crippen molar-refractivity contribution in [1.29, 1.82) is 0 Å². The van der Waals surface area contributed by atoms with Crippen LogP contribution >= 0.6 is 11.8 Å². The van der Waals surface area contributed by atoms with E-state index in [-0.39, 0.29) is 5.84 Å². The molecule has 18 heavy (non-hydrogen) atoms. The Labute approximate surface area is 108 Å². The van der Waals surface area contributed by atoms with E-state index in [0.717, 1.165) is 17.0 Å². The van der Waals surface area contributed by atoms with Crippen molar-refractivity contribution in [2.24, 2.45) is 10.9 Å². The Hall–Kier alpha value is -2.02. The lowest BCUT2D eigenvalue weighted by molar-refractivity contribution is 0.318. The van der Waals surface area contributed by atoms with E-state index in [0.29, 0.717) is 10.9 Å². The first-order valence-corrected chi connectivity index (χ1v) is 6.27. The van der Waals surface area contributed by atoms with Crippen LogP contribution in [0.3, 0.4) is 0 Å². The smallest absolute Gasteiger partial charge is 0.208 e. The Balaban J connectivity index is 2.14. The van der Waals surface area contributed by atoms with E-state index in [1.807, 2.05) is 31.2 Å². The standard InChI is InChI=1S/C11H13N5OS/c1-7-13-11(15-14-7)18-6-8-4-2-3-5-9(8)10(12)16-17/h2-5,17H,6H2,1H3,(H2,12,16)(H,13,14,15). The molecule has 0 radical (unpaired) electrons. The van der Waals surface area contributed by atoms with Crippen LogP contribution in [0.5, 0.6) is 0 Å². The van der Waals surface area contributed by atoms with Crippen molar-refractivity contribution in [3.05, 3.63) is 41.2 Å². The number of aromatic amines is 1. The van der Waals surface area contributed by atoms with Crippen molar-refractivity contribution >= 4 is 17.6 Å². The van der Waals surface area contributed by atoms with Crippen molar-refractivity contribution < 1.29 is 5.21 Å². The molecule has 0 unspecified atom stereocenters. The summed E-state index contributed by atoms with van der Waals surface area (Å²) in [5, 5.41) is 19.3. The van der Waals surface area contributed by atoms with E-state index in [1.54, 1.807) is 0 Å². The summed E-state index contributed by atoms with van der Waals surface area (Å²) in [4.78, 5) is 4.21. The number of amidine groups is 1. The molecule has 0 atom stereocenters. The molecule has 0 aliphatic carbocycles. The number of hydrogen-bond acceptors (Lipinski definition) is 5. The minimum absolute atomic E-state index is 0.109. The van der Waals surface area contributed by atoms with Crippen molar-refractivity contribution in [2.45, 2.75) is 17.8 Å². The molecule has 0 saturated carbocycles. The van der Waals surface area contributed by atoms with Gasteiger partial charge in [0.15, 0.2) is 5.84 Å². The molecule has 0 aliphatic rings. The molecule has 0 amide bonds. The molecule has 1 aromatic carbocycles. The summed E-state index contributed by atoms with van der Waals surface area (Å²) in [5.74, 6) is 1.54. The lowest BCUT2D eigenvalue weighted by Crippen LogP contribution is -2.15. The largest absolute Gasteiger partial charge is 0.409 e. The fourth-order valence-corrected chi connectivity index (χ4v) is 2.33. The summed E-state index contributed by atoms with van der Waals surface area (Å²) in [6, 6.07) is 7.50. The topological polar surface area (TPSA) is 100 Å². The first-order valence-electron chi connectivity index (χ1n) is 5.28. The van der Waals surface area contributed by atoms with Gasteiger partial charge in [0.05, 0.1) is 0 Å². The minimum Gasteiger partial charge on any atom is -0.409 e. The average molecular weight is 263 g/mol. The lowest BCUT2D eigenvalue weighted by Gasteiger charge is -2.06. The Kier molecular flexibility index (Phi) is 3.83. The first kappa shape index (κ1) is 12.4. The number of hydrogen-bond donors (Lipinski definition) is 3. The van der Waals surface area contributed by atoms with E-state index in [1.165, 1.54) is 11.8 Å². The summed E-state index contributed by atoms with van der Waals surface area (Å²) in [5.41, 5.74) is 7.32. The van der Waals surface area contributed by atoms with Crippen molar-refractivity contribution in [2.75, 3.05) is 0 Å². The number of nitrogens with two attached hydrogens (primary N) is 1. The second-order valence-corrected chi connectivity index (χ2v) is 4.58. The fraction of sp³-hybridized carbons (Fsp3) is 0.182. The fourth-order valence-electron chi connectivity index (χ4n) is 1.48. The third-order valence-electron chi connectivity index (χ3n) is 2.33. The van der Waals surface area contributed by atoms with Gasteiger partial charge >= 0.3 is 0 Å². The van der Waals surface area contributed by atoms with Crippen LogP contribution in [0.25, 0.3) is 0 Å². The van der Waals surface area contributed by atoms with E-state index in [4.69, 9.17) is 10.9 Å². The zero-order chi connectivity index (χ0) is 13.0. The highest BCUT2D eigenvalue weighted by Crippen LogP contribution is 2.21. The molecule has 4 N–H and O–H groups in total. The van der Waals surface area contributed by atoms with Gasteiger partial charge in [0.2, 0.25) is 5.16 Å². The molecule has 1 aromatic heterocycles. The number of oxime groups is 1. The van der Waals surface area contributed by atoms with Gasteiger partial charge in [0.25, 0.3) is 0 Å². The van der Waals surface area contributed by atoms with Gasteiger partial charge in [-0.2, -0.15) is 0 Å². The predicted molar refractivity (Wildman–Crippen MR) is 69.6 cm³/mol. The zero-order valence-corrected chi connectivity index (χ0v) is 10.6. The molecule has 0 fully saturated rings. The van der Waals surface area contributed by atoms with Crippen LogP contribution < -0.4 is 5.73 Å². The molecule has 6 nitrogen and oxygen atoms in total. The molecule has 0 spiro atoms. The quantitative estimate of drug-likeness (QED) is 0.255. The van der Waals surface area contributed by atoms with Crippen LogP contribution in [0, 0.1) is 6.92 Å². The monoisotopic (exact) mass is 263 g/mol. The zero-order valence-electron chi connectivity index (χ0n) is 9.79. The normalized spacial score (nSPS) is 11.7. The first-order chi connectivity index (χ1) is 8.70. The van der Waals surface area contributed by atoms with Crippen LogP contribution in [-0.2, 0) is 5.75 Å². The molecular formula is C11H13N5OS. The van der Waals surface area contributed by atoms with Crippen molar-refractivity contribution in [3.8, 4) is 0 Å². The van der Waals surface area contributed by atoms with Crippen LogP contribution in [0.2, 0.25) is 0 Å². The lowest BCUT2D eigenvalue weighted by atomic mass is 10.1. The molecule has 0 aliphatic heterocycles. The summed E-state index contributed by atoms with van der Waals surface area (Å²) >= 11 is 1.49. The number of H-pyrrole nitrogens is 1. The van der Waals surface area contributed by atoms with Crippen LogP contribution in [0.4, 0.5) is 0 Å². The van der Waals surface area contributed by atoms with Crippen molar-refractivity contribution in [3.63, 3.8) is 0 Å². The van der Waals surface area contributed by atoms with E-state index < -0.39 is 0 Å². The molecular weight excluding hydrogens is 250 g/mol. The third kappa shape index (κ3) is 2.80. The molecule has 1 heterocycles. The highest BCUT2D eigenvalue weighted by molar-refractivity contribution is 7.98. The van der Waals surface area contributed by atoms with Gasteiger partial charge in [-0.1, -0.05) is 41.2 Å². The van der Waals surface area contributed by atoms with E-state index >= 15 is 0 Å². The maximum atomic E-state index is 8.73. The number of nitrogens with one attached hydrogen (secondary N) is 1. The summed E-state index contributed by atoms with van der Waals surface area (Å²) in [7, 11) is 0. The van der Waals surface area contributed by atoms with E-state index in [9.17, 15) is 0 Å². The van der Waals surface area contributed by atoms with Crippen molar-refractivity contribution in [1.82, 2.24) is 15.2 Å². The highest BCUT2D eigenvalue weighted by Gasteiger charge is 2.08. The molecule has 2 aromatic rings. The van der Waals surface area contributed by atoms with Crippen LogP contribution in [-0.4, -0.2) is 26.2 Å². The number of aryl methyl sites for hydroxylation is 1. The van der Waals surface area contributed by atoms with Gasteiger partial charge < -0.3 is 10.9 Å². The van der Waals surface area contributed by atoms with Crippen LogP contribution in [0.15, 0.2) is 34.6 Å². The number of nitrogens with zero attached hydrogens (tertiary/aromatic N) is 3. The highest BCUT2D eigenvalue weighted by atomic mass is 32.2. The Morgan fingerprint density at radius 3 is 2.94 bits per heavy atom. The number of aromatic nitrogens is 3. The average Bonchev–Trinajstić information content (AvgIpc) is 2.81. The SMILES string of the molecule is Cc1nc(SCc2ccccc2/C(N)=N/O)n[nH]1. The van der Waals surface area contributed by atoms with Gasteiger partial charge in [0.1, 0.15) is 5.82 Å². The third-order valence-corrected chi connectivity index (χ3v) is 3.23. The second kappa shape index (κ2) is 5.54. The molecule has 2 rings (SSSR count). The molecule has 0 saturated heterocycles. The van der Waals surface area contributed by atoms with Gasteiger partial charge in [-0.3, -0.25) is 5.10 Å². The van der Waals surface area contributed by atoms with Gasteiger partial charge in [-0.05, 0) is 12.5 Å². The van der Waals surface area contributed by atoms with E-state index in [2.05, 4.69) is 20.3 Å². The Morgan fingerprint density at radius 2 is 2.28 bits per heavy atom. The van der Waals surface area contributed by atoms with Gasteiger partial charge in [0, 0.05) is 11.3 Å². The number of thioether (sulfide) groups is 1. The number of rotatable bonds is 4. The molecule has 94 valence electrons. The molecule has 0 bridgehead atoms. The predicted octanol–water partition coefficient (Wildman–Crippen LogP) is 1.50. The Bertz CT molecular complexity index is 566. The maximum absolute atomic E-state index is 8.73. The molecule has 7 heteroatoms. The maximum Gasteiger partial charge on any atom is 0.208 e. The van der Waals surface area contributed by atoms with Gasteiger partial charge in [-0.15, -0.1) is 5.10 Å². The summed E-state index contributed by atoms with van der Waals surface area (Å²) in [6.07, 6.45) is 0. The Morgan fingerprint density at radius 1 is 1.50 bits per heavy atom.